The second-order valence-electron chi connectivity index (χ2n) is 5.07. The molecule has 1 unspecified atom stereocenters. The van der Waals surface area contributed by atoms with Crippen molar-refractivity contribution in [2.24, 2.45) is 0 Å². The molecule has 116 valence electrons. The number of hydrazine groups is 1. The summed E-state index contributed by atoms with van der Waals surface area (Å²) >= 11 is 6.12. The van der Waals surface area contributed by atoms with E-state index in [1.54, 1.807) is 24.4 Å². The van der Waals surface area contributed by atoms with Crippen LogP contribution in [0, 0.1) is 5.82 Å². The number of methoxy groups -OCH3 is 1. The van der Waals surface area contributed by atoms with E-state index in [1.165, 1.54) is 12.1 Å². The number of halogens is 2. The molecule has 0 radical (unpaired) electrons. The molecule has 1 aromatic heterocycles. The van der Waals surface area contributed by atoms with Crippen molar-refractivity contribution in [3.05, 3.63) is 65.0 Å². The lowest BCUT2D eigenvalue weighted by Gasteiger charge is -2.21. The van der Waals surface area contributed by atoms with E-state index in [1.807, 2.05) is 18.3 Å². The zero-order valence-electron chi connectivity index (χ0n) is 12.1. The summed E-state index contributed by atoms with van der Waals surface area (Å²) in [5.74, 6) is 0.521. The van der Waals surface area contributed by atoms with Crippen molar-refractivity contribution < 1.29 is 13.5 Å². The molecular formula is C16H16ClFN2O2. The lowest BCUT2D eigenvalue weighted by Crippen LogP contribution is -2.38. The molecule has 0 amide bonds. The van der Waals surface area contributed by atoms with Crippen LogP contribution in [0.15, 0.2) is 52.8 Å². The summed E-state index contributed by atoms with van der Waals surface area (Å²) in [7, 11) is 1.65. The molecule has 1 atom stereocenters. The van der Waals surface area contributed by atoms with Gasteiger partial charge < -0.3 is 9.15 Å². The van der Waals surface area contributed by atoms with E-state index in [9.17, 15) is 4.39 Å². The Hall–Kier alpha value is -1.82. The molecule has 2 aromatic rings. The Bertz CT molecular complexity index is 673. The molecule has 3 rings (SSSR count). The SMILES string of the molecule is COCC1=CN(c2ccc(F)cc2Cl)NC1Cc1ccco1. The van der Waals surface area contributed by atoms with Crippen LogP contribution in [0.1, 0.15) is 5.76 Å². The van der Waals surface area contributed by atoms with E-state index in [0.29, 0.717) is 23.7 Å². The fourth-order valence-corrected chi connectivity index (χ4v) is 2.73. The van der Waals surface area contributed by atoms with E-state index in [0.717, 1.165) is 11.3 Å². The number of anilines is 1. The van der Waals surface area contributed by atoms with E-state index >= 15 is 0 Å². The van der Waals surface area contributed by atoms with Crippen LogP contribution in [-0.2, 0) is 11.2 Å². The molecule has 6 heteroatoms. The predicted molar refractivity (Wildman–Crippen MR) is 83.2 cm³/mol. The van der Waals surface area contributed by atoms with Gasteiger partial charge >= 0.3 is 0 Å². The number of nitrogens with one attached hydrogen (secondary N) is 1. The highest BCUT2D eigenvalue weighted by atomic mass is 35.5. The van der Waals surface area contributed by atoms with Crippen molar-refractivity contribution in [3.63, 3.8) is 0 Å². The minimum Gasteiger partial charge on any atom is -0.469 e. The van der Waals surface area contributed by atoms with Crippen LogP contribution in [-0.4, -0.2) is 19.8 Å². The quantitative estimate of drug-likeness (QED) is 0.913. The van der Waals surface area contributed by atoms with Crippen molar-refractivity contribution in [3.8, 4) is 0 Å². The first-order valence-corrected chi connectivity index (χ1v) is 7.27. The van der Waals surface area contributed by atoms with Crippen LogP contribution in [0.3, 0.4) is 0 Å². The highest BCUT2D eigenvalue weighted by molar-refractivity contribution is 6.33. The Morgan fingerprint density at radius 1 is 1.41 bits per heavy atom. The number of ether oxygens (including phenoxy) is 1. The van der Waals surface area contributed by atoms with Gasteiger partial charge in [0.25, 0.3) is 0 Å². The fraction of sp³-hybridized carbons (Fsp3) is 0.250. The maximum Gasteiger partial charge on any atom is 0.124 e. The van der Waals surface area contributed by atoms with E-state index in [-0.39, 0.29) is 11.9 Å². The number of hydrogen-bond donors (Lipinski definition) is 1. The highest BCUT2D eigenvalue weighted by Gasteiger charge is 2.26. The van der Waals surface area contributed by atoms with Crippen LogP contribution in [0.25, 0.3) is 0 Å². The Balaban J connectivity index is 1.82. The first-order chi connectivity index (χ1) is 10.7. The van der Waals surface area contributed by atoms with Gasteiger partial charge in [-0.15, -0.1) is 0 Å². The molecule has 0 saturated heterocycles. The molecule has 0 aliphatic carbocycles. The maximum atomic E-state index is 13.2. The number of hydrogen-bond acceptors (Lipinski definition) is 4. The van der Waals surface area contributed by atoms with Gasteiger partial charge in [-0.1, -0.05) is 11.6 Å². The number of furan rings is 1. The van der Waals surface area contributed by atoms with Gasteiger partial charge in [-0.25, -0.2) is 9.82 Å². The third kappa shape index (κ3) is 3.16. The van der Waals surface area contributed by atoms with Gasteiger partial charge in [-0.05, 0) is 35.9 Å². The zero-order chi connectivity index (χ0) is 15.5. The van der Waals surface area contributed by atoms with Gasteiger partial charge in [0.15, 0.2) is 0 Å². The monoisotopic (exact) mass is 322 g/mol. The smallest absolute Gasteiger partial charge is 0.124 e. The fourth-order valence-electron chi connectivity index (χ4n) is 2.47. The Morgan fingerprint density at radius 2 is 2.27 bits per heavy atom. The molecule has 1 aliphatic rings. The van der Waals surface area contributed by atoms with Crippen LogP contribution in [0.2, 0.25) is 5.02 Å². The summed E-state index contributed by atoms with van der Waals surface area (Å²) < 4.78 is 23.8. The topological polar surface area (TPSA) is 37.6 Å². The highest BCUT2D eigenvalue weighted by Crippen LogP contribution is 2.29. The van der Waals surface area contributed by atoms with Crippen LogP contribution in [0.4, 0.5) is 10.1 Å². The van der Waals surface area contributed by atoms with Gasteiger partial charge in [0.2, 0.25) is 0 Å². The molecule has 0 saturated carbocycles. The van der Waals surface area contributed by atoms with Crippen molar-refractivity contribution >= 4 is 17.3 Å². The Labute approximate surface area is 133 Å². The van der Waals surface area contributed by atoms with Crippen molar-refractivity contribution in [1.82, 2.24) is 5.43 Å². The Kier molecular flexibility index (Phi) is 4.47. The molecule has 0 fully saturated rings. The van der Waals surface area contributed by atoms with Gasteiger partial charge in [-0.2, -0.15) is 0 Å². The third-order valence-electron chi connectivity index (χ3n) is 3.50. The molecule has 22 heavy (non-hydrogen) atoms. The largest absolute Gasteiger partial charge is 0.469 e. The second-order valence-corrected chi connectivity index (χ2v) is 5.48. The third-order valence-corrected chi connectivity index (χ3v) is 3.81. The second kappa shape index (κ2) is 6.52. The number of benzene rings is 1. The van der Waals surface area contributed by atoms with E-state index in [2.05, 4.69) is 5.43 Å². The zero-order valence-corrected chi connectivity index (χ0v) is 12.8. The summed E-state index contributed by atoms with van der Waals surface area (Å²) in [6.07, 6.45) is 4.27. The molecule has 0 bridgehead atoms. The van der Waals surface area contributed by atoms with Gasteiger partial charge in [0.05, 0.1) is 29.6 Å². The first-order valence-electron chi connectivity index (χ1n) is 6.89. The predicted octanol–water partition coefficient (Wildman–Crippen LogP) is 3.54. The molecule has 1 N–H and O–H groups in total. The maximum absolute atomic E-state index is 13.2. The van der Waals surface area contributed by atoms with Gasteiger partial charge in [-0.3, -0.25) is 5.01 Å². The van der Waals surface area contributed by atoms with Gasteiger partial charge in [0.1, 0.15) is 11.6 Å². The first kappa shape index (κ1) is 15.1. The molecule has 0 spiro atoms. The van der Waals surface area contributed by atoms with Crippen LogP contribution < -0.4 is 10.4 Å². The molecule has 2 heterocycles. The van der Waals surface area contributed by atoms with Crippen molar-refractivity contribution in [2.75, 3.05) is 18.7 Å². The van der Waals surface area contributed by atoms with Crippen molar-refractivity contribution in [2.45, 2.75) is 12.5 Å². The van der Waals surface area contributed by atoms with E-state index < -0.39 is 0 Å². The lowest BCUT2D eigenvalue weighted by atomic mass is 10.1. The normalized spacial score (nSPS) is 17.9. The number of rotatable bonds is 5. The summed E-state index contributed by atoms with van der Waals surface area (Å²) in [6.45, 7) is 0.494. The molecular weight excluding hydrogens is 307 g/mol. The minimum atomic E-state index is -0.360. The summed E-state index contributed by atoms with van der Waals surface area (Å²) in [6, 6.07) is 8.14. The lowest BCUT2D eigenvalue weighted by molar-refractivity contribution is 0.220. The average molecular weight is 323 g/mol. The molecule has 4 nitrogen and oxygen atoms in total. The minimum absolute atomic E-state index is 0.0345. The van der Waals surface area contributed by atoms with Crippen LogP contribution >= 0.6 is 11.6 Å². The summed E-state index contributed by atoms with van der Waals surface area (Å²) in [4.78, 5) is 0. The standard InChI is InChI=1S/C16H16ClFN2O2/c1-21-10-11-9-20(16-5-4-12(18)7-14(16)17)19-15(11)8-13-3-2-6-22-13/h2-7,9,15,19H,8,10H2,1H3. The average Bonchev–Trinajstić information content (AvgIpc) is 3.11. The van der Waals surface area contributed by atoms with Gasteiger partial charge in [0, 0.05) is 19.7 Å². The van der Waals surface area contributed by atoms with E-state index in [4.69, 9.17) is 20.8 Å². The summed E-state index contributed by atoms with van der Waals surface area (Å²) in [5, 5.41) is 2.14. The molecule has 1 aromatic carbocycles. The van der Waals surface area contributed by atoms with Crippen molar-refractivity contribution in [1.29, 1.82) is 0 Å². The Morgan fingerprint density at radius 3 is 2.95 bits per heavy atom. The summed E-state index contributed by atoms with van der Waals surface area (Å²) in [5.41, 5.74) is 5.10. The van der Waals surface area contributed by atoms with Crippen LogP contribution in [0.5, 0.6) is 0 Å². The number of nitrogens with zero attached hydrogens (tertiary/aromatic N) is 1. The molecule has 1 aliphatic heterocycles.